The molecule has 3 aromatic heterocycles. The number of thioether (sulfide) groups is 1. The fourth-order valence-corrected chi connectivity index (χ4v) is 3.62. The number of hydrogen-bond donors (Lipinski definition) is 0. The van der Waals surface area contributed by atoms with Crippen LogP contribution in [0.1, 0.15) is 5.56 Å². The van der Waals surface area contributed by atoms with E-state index in [1.54, 1.807) is 24.2 Å². The van der Waals surface area contributed by atoms with Gasteiger partial charge in [0.2, 0.25) is 4.96 Å². The van der Waals surface area contributed by atoms with Gasteiger partial charge in [-0.05, 0) is 42.2 Å². The Balaban J connectivity index is 1.78. The van der Waals surface area contributed by atoms with E-state index >= 15 is 0 Å². The van der Waals surface area contributed by atoms with Gasteiger partial charge >= 0.3 is 0 Å². The Hall–Kier alpha value is -2.51. The van der Waals surface area contributed by atoms with E-state index in [4.69, 9.17) is 0 Å². The first-order valence-corrected chi connectivity index (χ1v) is 9.24. The molecule has 0 saturated carbocycles. The first-order valence-electron chi connectivity index (χ1n) is 7.20. The molecule has 0 amide bonds. The van der Waals surface area contributed by atoms with Gasteiger partial charge in [-0.1, -0.05) is 23.5 Å². The molecule has 118 valence electrons. The predicted octanol–water partition coefficient (Wildman–Crippen LogP) is 2.48. The third-order valence-corrected chi connectivity index (χ3v) is 5.22. The molecule has 0 spiro atoms. The molecule has 0 N–H and O–H groups in total. The van der Waals surface area contributed by atoms with Crippen molar-refractivity contribution in [2.45, 2.75) is 4.90 Å². The molecule has 0 aliphatic heterocycles. The lowest BCUT2D eigenvalue weighted by Gasteiger charge is -1.95. The molecule has 1 aromatic carbocycles. The van der Waals surface area contributed by atoms with Crippen molar-refractivity contribution in [1.29, 1.82) is 0 Å². The smallest absolute Gasteiger partial charge is 0.266 e. The molecule has 0 aliphatic rings. The van der Waals surface area contributed by atoms with Gasteiger partial charge < -0.3 is 0 Å². The van der Waals surface area contributed by atoms with Gasteiger partial charge in [-0.25, -0.2) is 0 Å². The van der Waals surface area contributed by atoms with Crippen LogP contribution in [0, 0.1) is 0 Å². The maximum Gasteiger partial charge on any atom is 0.291 e. The van der Waals surface area contributed by atoms with E-state index in [1.807, 2.05) is 48.7 Å². The summed E-state index contributed by atoms with van der Waals surface area (Å²) in [4.78, 5) is 22.8. The van der Waals surface area contributed by atoms with Crippen molar-refractivity contribution >= 4 is 34.1 Å². The monoisotopic (exact) mass is 352 g/mol. The fraction of sp³-hybridized carbons (Fsp3) is 0.0588. The molecule has 0 saturated heterocycles. The van der Waals surface area contributed by atoms with E-state index in [-0.39, 0.29) is 5.56 Å². The number of thiazole rings is 1. The standard InChI is InChI=1S/C17H12N4OS2/c1-23-13-6-4-11(5-7-13)9-14-16(22)21-17(24-14)19-15(20-21)12-3-2-8-18-10-12/h2-10H,1H3/b14-9+. The highest BCUT2D eigenvalue weighted by molar-refractivity contribution is 7.98. The van der Waals surface area contributed by atoms with Crippen molar-refractivity contribution in [3.05, 3.63) is 69.2 Å². The Bertz CT molecular complexity index is 1100. The molecule has 5 nitrogen and oxygen atoms in total. The SMILES string of the molecule is CSc1ccc(/C=c2/sc3nc(-c4cccnc4)nn3c2=O)cc1. The summed E-state index contributed by atoms with van der Waals surface area (Å²) < 4.78 is 1.98. The van der Waals surface area contributed by atoms with E-state index in [0.717, 1.165) is 11.1 Å². The molecule has 0 aliphatic carbocycles. The zero-order chi connectivity index (χ0) is 16.5. The second-order valence-electron chi connectivity index (χ2n) is 5.06. The molecule has 24 heavy (non-hydrogen) atoms. The second-order valence-corrected chi connectivity index (χ2v) is 6.95. The number of benzene rings is 1. The number of rotatable bonds is 3. The Kier molecular flexibility index (Phi) is 3.87. The molecule has 7 heteroatoms. The third-order valence-electron chi connectivity index (χ3n) is 3.52. The molecule has 4 rings (SSSR count). The number of aromatic nitrogens is 4. The van der Waals surface area contributed by atoms with E-state index in [1.165, 1.54) is 20.7 Å². The van der Waals surface area contributed by atoms with Crippen LogP contribution in [0.5, 0.6) is 0 Å². The van der Waals surface area contributed by atoms with E-state index in [2.05, 4.69) is 15.1 Å². The number of pyridine rings is 1. The zero-order valence-corrected chi connectivity index (χ0v) is 14.3. The van der Waals surface area contributed by atoms with Crippen LogP contribution >= 0.6 is 23.1 Å². The van der Waals surface area contributed by atoms with Crippen molar-refractivity contribution in [3.63, 3.8) is 0 Å². The van der Waals surface area contributed by atoms with Gasteiger partial charge in [-0.3, -0.25) is 9.78 Å². The maximum absolute atomic E-state index is 12.5. The minimum atomic E-state index is -0.147. The van der Waals surface area contributed by atoms with Gasteiger partial charge in [0, 0.05) is 22.9 Å². The molecule has 0 unspecified atom stereocenters. The van der Waals surface area contributed by atoms with Crippen molar-refractivity contribution in [2.24, 2.45) is 0 Å². The van der Waals surface area contributed by atoms with Crippen LogP contribution in [-0.2, 0) is 0 Å². The van der Waals surface area contributed by atoms with Gasteiger partial charge in [0.1, 0.15) is 0 Å². The van der Waals surface area contributed by atoms with Crippen LogP contribution in [0.3, 0.4) is 0 Å². The molecule has 0 radical (unpaired) electrons. The highest BCUT2D eigenvalue weighted by atomic mass is 32.2. The largest absolute Gasteiger partial charge is 0.291 e. The van der Waals surface area contributed by atoms with Gasteiger partial charge in [0.15, 0.2) is 5.82 Å². The lowest BCUT2D eigenvalue weighted by molar-refractivity contribution is 0.936. The number of nitrogens with zero attached hydrogens (tertiary/aromatic N) is 4. The molecule has 0 atom stereocenters. The highest BCUT2D eigenvalue weighted by Gasteiger charge is 2.11. The van der Waals surface area contributed by atoms with Crippen LogP contribution in [-0.4, -0.2) is 25.8 Å². The summed E-state index contributed by atoms with van der Waals surface area (Å²) in [6, 6.07) is 11.8. The average Bonchev–Trinajstić information content (AvgIpc) is 3.17. The van der Waals surface area contributed by atoms with Gasteiger partial charge in [0.25, 0.3) is 5.56 Å². The predicted molar refractivity (Wildman–Crippen MR) is 97.4 cm³/mol. The van der Waals surface area contributed by atoms with Gasteiger partial charge in [-0.2, -0.15) is 9.50 Å². The molecular formula is C17H12N4OS2. The molecular weight excluding hydrogens is 340 g/mol. The first-order chi connectivity index (χ1) is 11.7. The highest BCUT2D eigenvalue weighted by Crippen LogP contribution is 2.16. The fourth-order valence-electron chi connectivity index (χ4n) is 2.30. The molecule has 0 bridgehead atoms. The topological polar surface area (TPSA) is 60.1 Å². The summed E-state index contributed by atoms with van der Waals surface area (Å²) in [5.41, 5.74) is 1.64. The summed E-state index contributed by atoms with van der Waals surface area (Å²) in [6.45, 7) is 0. The maximum atomic E-state index is 12.5. The Morgan fingerprint density at radius 3 is 2.71 bits per heavy atom. The second kappa shape index (κ2) is 6.18. The number of fused-ring (bicyclic) bond motifs is 1. The third kappa shape index (κ3) is 2.72. The van der Waals surface area contributed by atoms with Crippen molar-refractivity contribution < 1.29 is 0 Å². The minimum absolute atomic E-state index is 0.147. The summed E-state index contributed by atoms with van der Waals surface area (Å²) in [5, 5.41) is 4.31. The lowest BCUT2D eigenvalue weighted by Crippen LogP contribution is -2.23. The van der Waals surface area contributed by atoms with Crippen molar-refractivity contribution in [1.82, 2.24) is 19.6 Å². The Labute approximate surface area is 145 Å². The van der Waals surface area contributed by atoms with Gasteiger partial charge in [0.05, 0.1) is 4.53 Å². The van der Waals surface area contributed by atoms with Gasteiger partial charge in [-0.15, -0.1) is 16.9 Å². The van der Waals surface area contributed by atoms with E-state index in [0.29, 0.717) is 15.3 Å². The number of hydrogen-bond acceptors (Lipinski definition) is 6. The van der Waals surface area contributed by atoms with Crippen molar-refractivity contribution in [3.8, 4) is 11.4 Å². The Morgan fingerprint density at radius 2 is 2.04 bits per heavy atom. The van der Waals surface area contributed by atoms with Crippen LogP contribution in [0.25, 0.3) is 22.4 Å². The van der Waals surface area contributed by atoms with Crippen LogP contribution in [0.4, 0.5) is 0 Å². The minimum Gasteiger partial charge on any atom is -0.266 e. The van der Waals surface area contributed by atoms with Crippen LogP contribution in [0.15, 0.2) is 58.5 Å². The molecule has 3 heterocycles. The quantitative estimate of drug-likeness (QED) is 0.530. The van der Waals surface area contributed by atoms with Crippen molar-refractivity contribution in [2.75, 3.05) is 6.26 Å². The molecule has 4 aromatic rings. The Morgan fingerprint density at radius 1 is 1.21 bits per heavy atom. The normalized spacial score (nSPS) is 12.1. The van der Waals surface area contributed by atoms with Crippen LogP contribution < -0.4 is 10.1 Å². The summed E-state index contributed by atoms with van der Waals surface area (Å²) in [7, 11) is 0. The zero-order valence-electron chi connectivity index (χ0n) is 12.7. The van der Waals surface area contributed by atoms with E-state index in [9.17, 15) is 4.79 Å². The average molecular weight is 352 g/mol. The lowest BCUT2D eigenvalue weighted by atomic mass is 10.2. The first kappa shape index (κ1) is 15.0. The van der Waals surface area contributed by atoms with Crippen LogP contribution in [0.2, 0.25) is 0 Å². The summed E-state index contributed by atoms with van der Waals surface area (Å²) in [5.74, 6) is 0.516. The molecule has 0 fully saturated rings. The summed E-state index contributed by atoms with van der Waals surface area (Å²) in [6.07, 6.45) is 7.28. The summed E-state index contributed by atoms with van der Waals surface area (Å²) >= 11 is 3.03. The van der Waals surface area contributed by atoms with E-state index < -0.39 is 0 Å².